The third kappa shape index (κ3) is 3.00. The second-order valence-corrected chi connectivity index (χ2v) is 5.00. The number of nitrogens with two attached hydrogens (primary N) is 1. The number of para-hydroxylation sites is 1. The number of nitro benzene ring substituents is 1. The fourth-order valence-corrected chi connectivity index (χ4v) is 2.67. The van der Waals surface area contributed by atoms with Crippen molar-refractivity contribution in [3.05, 3.63) is 45.8 Å². The summed E-state index contributed by atoms with van der Waals surface area (Å²) >= 11 is 1.14. The van der Waals surface area contributed by atoms with E-state index in [2.05, 4.69) is 9.97 Å². The fourth-order valence-electron chi connectivity index (χ4n) is 1.65. The second kappa shape index (κ2) is 5.23. The number of anilines is 1. The average Bonchev–Trinajstić information content (AvgIpc) is 2.26. The minimum atomic E-state index is -0.486. The van der Waals surface area contributed by atoms with E-state index in [1.54, 1.807) is 12.1 Å². The largest absolute Gasteiger partial charge is 0.393 e. The Morgan fingerprint density at radius 1 is 1.26 bits per heavy atom. The van der Waals surface area contributed by atoms with Gasteiger partial charge in [-0.3, -0.25) is 10.1 Å². The number of benzene rings is 1. The zero-order valence-corrected chi connectivity index (χ0v) is 11.3. The van der Waals surface area contributed by atoms with Crippen LogP contribution in [-0.2, 0) is 0 Å². The van der Waals surface area contributed by atoms with Gasteiger partial charge in [-0.15, -0.1) is 0 Å². The molecule has 0 aliphatic heterocycles. The number of hydrogen-bond donors (Lipinski definition) is 1. The fraction of sp³-hybridized carbons (Fsp3) is 0.167. The van der Waals surface area contributed by atoms with Crippen LogP contribution in [0.15, 0.2) is 34.3 Å². The van der Waals surface area contributed by atoms with E-state index in [9.17, 15) is 10.1 Å². The van der Waals surface area contributed by atoms with Crippen molar-refractivity contribution in [3.63, 3.8) is 0 Å². The maximum absolute atomic E-state index is 11.0. The van der Waals surface area contributed by atoms with Crippen LogP contribution >= 0.6 is 11.8 Å². The summed E-state index contributed by atoms with van der Waals surface area (Å²) in [5.41, 5.74) is 7.32. The Labute approximate surface area is 114 Å². The van der Waals surface area contributed by atoms with Gasteiger partial charge in [-0.1, -0.05) is 6.07 Å². The number of aryl methyl sites for hydroxylation is 2. The van der Waals surface area contributed by atoms with Gasteiger partial charge in [-0.25, -0.2) is 9.97 Å². The van der Waals surface area contributed by atoms with Crippen LogP contribution in [0.4, 0.5) is 11.4 Å². The summed E-state index contributed by atoms with van der Waals surface area (Å²) in [6.45, 7) is 3.71. The molecule has 0 radical (unpaired) electrons. The Morgan fingerprint density at radius 2 is 1.89 bits per heavy atom. The summed E-state index contributed by atoms with van der Waals surface area (Å²) in [5, 5.41) is 11.5. The Kier molecular flexibility index (Phi) is 3.66. The van der Waals surface area contributed by atoms with Gasteiger partial charge >= 0.3 is 5.69 Å². The van der Waals surface area contributed by atoms with E-state index in [4.69, 9.17) is 5.73 Å². The van der Waals surface area contributed by atoms with Crippen LogP contribution in [0.2, 0.25) is 0 Å². The molecule has 0 amide bonds. The molecular weight excluding hydrogens is 264 g/mol. The van der Waals surface area contributed by atoms with Gasteiger partial charge in [0.05, 0.1) is 9.82 Å². The highest BCUT2D eigenvalue weighted by molar-refractivity contribution is 7.99. The standard InChI is InChI=1S/C12H12N4O2S/c1-7-6-8(2)15-12(14-7)19-10-5-3-4-9(13)11(10)16(17)18/h3-6H,13H2,1-2H3. The van der Waals surface area contributed by atoms with E-state index in [0.717, 1.165) is 23.1 Å². The van der Waals surface area contributed by atoms with Gasteiger partial charge in [-0.2, -0.15) is 0 Å². The normalized spacial score (nSPS) is 10.4. The average molecular weight is 276 g/mol. The highest BCUT2D eigenvalue weighted by atomic mass is 32.2. The van der Waals surface area contributed by atoms with Gasteiger partial charge in [0, 0.05) is 11.4 Å². The highest BCUT2D eigenvalue weighted by Gasteiger charge is 2.19. The lowest BCUT2D eigenvalue weighted by Crippen LogP contribution is -1.98. The van der Waals surface area contributed by atoms with E-state index in [1.165, 1.54) is 6.07 Å². The molecule has 0 saturated heterocycles. The molecule has 19 heavy (non-hydrogen) atoms. The van der Waals surface area contributed by atoms with Gasteiger partial charge in [0.25, 0.3) is 0 Å². The van der Waals surface area contributed by atoms with Crippen LogP contribution in [0.1, 0.15) is 11.4 Å². The third-order valence-electron chi connectivity index (χ3n) is 2.38. The molecule has 1 heterocycles. The lowest BCUT2D eigenvalue weighted by atomic mass is 10.3. The summed E-state index contributed by atoms with van der Waals surface area (Å²) in [4.78, 5) is 19.5. The Hall–Kier alpha value is -2.15. The highest BCUT2D eigenvalue weighted by Crippen LogP contribution is 2.36. The van der Waals surface area contributed by atoms with Crippen LogP contribution < -0.4 is 5.73 Å². The van der Waals surface area contributed by atoms with Gasteiger partial charge in [0.1, 0.15) is 5.69 Å². The van der Waals surface area contributed by atoms with Gasteiger partial charge in [0.15, 0.2) is 5.16 Å². The topological polar surface area (TPSA) is 94.9 Å². The smallest absolute Gasteiger partial charge is 0.306 e. The van der Waals surface area contributed by atoms with Crippen molar-refractivity contribution in [1.29, 1.82) is 0 Å². The third-order valence-corrected chi connectivity index (χ3v) is 3.29. The number of nitro groups is 1. The predicted molar refractivity (Wildman–Crippen MR) is 73.1 cm³/mol. The minimum absolute atomic E-state index is 0.102. The van der Waals surface area contributed by atoms with Crippen LogP contribution in [0.3, 0.4) is 0 Å². The maximum atomic E-state index is 11.0. The number of rotatable bonds is 3. The molecule has 98 valence electrons. The summed E-state index contributed by atoms with van der Waals surface area (Å²) < 4.78 is 0. The first-order chi connectivity index (χ1) is 8.97. The molecule has 0 saturated carbocycles. The molecule has 2 rings (SSSR count). The van der Waals surface area contributed by atoms with Crippen molar-refractivity contribution in [2.75, 3.05) is 5.73 Å². The molecule has 2 N–H and O–H groups in total. The number of aromatic nitrogens is 2. The first kappa shape index (κ1) is 13.3. The Morgan fingerprint density at radius 3 is 2.47 bits per heavy atom. The van der Waals surface area contributed by atoms with E-state index in [1.807, 2.05) is 19.9 Å². The van der Waals surface area contributed by atoms with Crippen LogP contribution in [0.5, 0.6) is 0 Å². The van der Waals surface area contributed by atoms with Crippen LogP contribution in [0, 0.1) is 24.0 Å². The predicted octanol–water partition coefficient (Wildman–Crippen LogP) is 2.74. The number of nitrogen functional groups attached to an aromatic ring is 1. The Balaban J connectivity index is 2.43. The van der Waals surface area contributed by atoms with E-state index in [-0.39, 0.29) is 11.4 Å². The molecule has 0 aliphatic carbocycles. The molecule has 1 aromatic carbocycles. The summed E-state index contributed by atoms with van der Waals surface area (Å²) in [6.07, 6.45) is 0. The number of hydrogen-bond acceptors (Lipinski definition) is 6. The van der Waals surface area contributed by atoms with Crippen molar-refractivity contribution in [1.82, 2.24) is 9.97 Å². The molecule has 1 aromatic heterocycles. The first-order valence-corrected chi connectivity index (χ1v) is 6.32. The molecule has 6 nitrogen and oxygen atoms in total. The monoisotopic (exact) mass is 276 g/mol. The van der Waals surface area contributed by atoms with Gasteiger partial charge in [-0.05, 0) is 43.8 Å². The van der Waals surface area contributed by atoms with Crippen molar-refractivity contribution < 1.29 is 4.92 Å². The molecule has 0 bridgehead atoms. The SMILES string of the molecule is Cc1cc(C)nc(Sc2cccc(N)c2[N+](=O)[O-])n1. The van der Waals surface area contributed by atoms with Crippen molar-refractivity contribution in [2.24, 2.45) is 0 Å². The van der Waals surface area contributed by atoms with Gasteiger partial charge in [0.2, 0.25) is 0 Å². The van der Waals surface area contributed by atoms with Crippen molar-refractivity contribution in [2.45, 2.75) is 23.9 Å². The minimum Gasteiger partial charge on any atom is -0.393 e. The Bertz CT molecular complexity index is 625. The summed E-state index contributed by atoms with van der Waals surface area (Å²) in [6, 6.07) is 6.66. The van der Waals surface area contributed by atoms with E-state index >= 15 is 0 Å². The van der Waals surface area contributed by atoms with Gasteiger partial charge < -0.3 is 5.73 Å². The quantitative estimate of drug-likeness (QED) is 0.401. The molecular formula is C12H12N4O2S. The first-order valence-electron chi connectivity index (χ1n) is 5.50. The lowest BCUT2D eigenvalue weighted by molar-refractivity contribution is -0.386. The molecule has 0 atom stereocenters. The zero-order valence-electron chi connectivity index (χ0n) is 10.5. The summed E-state index contributed by atoms with van der Waals surface area (Å²) in [7, 11) is 0. The molecule has 7 heteroatoms. The zero-order chi connectivity index (χ0) is 14.0. The molecule has 0 aliphatic rings. The summed E-state index contributed by atoms with van der Waals surface area (Å²) in [5.74, 6) is 0. The van der Waals surface area contributed by atoms with Crippen molar-refractivity contribution in [3.8, 4) is 0 Å². The molecule has 2 aromatic rings. The molecule has 0 unspecified atom stereocenters. The van der Waals surface area contributed by atoms with E-state index in [0.29, 0.717) is 10.1 Å². The van der Waals surface area contributed by atoms with Crippen molar-refractivity contribution >= 4 is 23.1 Å². The molecule has 0 fully saturated rings. The lowest BCUT2D eigenvalue weighted by Gasteiger charge is -2.05. The van der Waals surface area contributed by atoms with E-state index < -0.39 is 4.92 Å². The van der Waals surface area contributed by atoms with Crippen LogP contribution in [0.25, 0.3) is 0 Å². The van der Waals surface area contributed by atoms with Crippen LogP contribution in [-0.4, -0.2) is 14.9 Å². The number of nitrogens with zero attached hydrogens (tertiary/aromatic N) is 3. The molecule has 0 spiro atoms. The second-order valence-electron chi connectivity index (χ2n) is 3.99. The maximum Gasteiger partial charge on any atom is 0.306 e.